The normalized spacial score (nSPS) is 10.8. The summed E-state index contributed by atoms with van der Waals surface area (Å²) in [5.74, 6) is 0.577. The van der Waals surface area contributed by atoms with Gasteiger partial charge >= 0.3 is 0 Å². The molecule has 0 aliphatic carbocycles. The van der Waals surface area contributed by atoms with Crippen molar-refractivity contribution in [2.45, 2.75) is 34.1 Å². The van der Waals surface area contributed by atoms with E-state index in [1.807, 2.05) is 6.07 Å². The topological polar surface area (TPSA) is 82.7 Å². The first kappa shape index (κ1) is 27.3. The zero-order chi connectivity index (χ0) is 24.9. The predicted octanol–water partition coefficient (Wildman–Crippen LogP) is 4.31. The van der Waals surface area contributed by atoms with Gasteiger partial charge in [0.25, 0.3) is 11.8 Å². The Balaban J connectivity index is 1.87. The van der Waals surface area contributed by atoms with E-state index in [0.29, 0.717) is 41.6 Å². The highest BCUT2D eigenvalue weighted by Crippen LogP contribution is 2.19. The number of rotatable bonds is 12. The molecule has 2 amide bonds. The van der Waals surface area contributed by atoms with Gasteiger partial charge in [-0.05, 0) is 74.0 Å². The molecule has 0 heterocycles. The Morgan fingerprint density at radius 3 is 2.32 bits per heavy atom. The maximum absolute atomic E-state index is 12.7. The summed E-state index contributed by atoms with van der Waals surface area (Å²) in [7, 11) is 0. The van der Waals surface area contributed by atoms with Gasteiger partial charge in [0.15, 0.2) is 5.11 Å². The molecule has 0 atom stereocenters. The number of nitrogens with zero attached hydrogens (tertiary/aromatic N) is 1. The standard InChI is InChI=1S/C26H36N4O3S/c1-5-30(6-2)17-16-27-24(31)20-11-13-21(14-12-20)28-26(34)29-25(32)22-9-7-8-10-23(22)33-18-15-19(3)4/h7-14,19H,5-6,15-18H2,1-4H3,(H,27,31)(H2,28,29,32,34). The lowest BCUT2D eigenvalue weighted by Crippen LogP contribution is -2.35. The van der Waals surface area contributed by atoms with Gasteiger partial charge in [-0.15, -0.1) is 0 Å². The number of benzene rings is 2. The van der Waals surface area contributed by atoms with Gasteiger partial charge < -0.3 is 20.3 Å². The van der Waals surface area contributed by atoms with Crippen molar-refractivity contribution < 1.29 is 14.3 Å². The SMILES string of the molecule is CCN(CC)CCNC(=O)c1ccc(NC(=S)NC(=O)c2ccccc2OCCC(C)C)cc1. The fourth-order valence-electron chi connectivity index (χ4n) is 3.19. The van der Waals surface area contributed by atoms with E-state index in [-0.39, 0.29) is 16.9 Å². The van der Waals surface area contributed by atoms with Gasteiger partial charge in [0.2, 0.25) is 0 Å². The van der Waals surface area contributed by atoms with Crippen LogP contribution in [0, 0.1) is 5.92 Å². The zero-order valence-electron chi connectivity index (χ0n) is 20.5. The molecule has 0 saturated carbocycles. The Morgan fingerprint density at radius 1 is 1.00 bits per heavy atom. The zero-order valence-corrected chi connectivity index (χ0v) is 21.3. The predicted molar refractivity (Wildman–Crippen MR) is 142 cm³/mol. The molecule has 0 fully saturated rings. The lowest BCUT2D eigenvalue weighted by Gasteiger charge is -2.18. The van der Waals surface area contributed by atoms with E-state index in [1.54, 1.807) is 42.5 Å². The summed E-state index contributed by atoms with van der Waals surface area (Å²) in [6.07, 6.45) is 0.903. The Morgan fingerprint density at radius 2 is 1.68 bits per heavy atom. The highest BCUT2D eigenvalue weighted by atomic mass is 32.1. The average molecular weight is 485 g/mol. The third kappa shape index (κ3) is 9.11. The minimum absolute atomic E-state index is 0.122. The summed E-state index contributed by atoms with van der Waals surface area (Å²) in [6, 6.07) is 14.0. The van der Waals surface area contributed by atoms with Crippen LogP contribution in [0.15, 0.2) is 48.5 Å². The molecule has 0 unspecified atom stereocenters. The molecule has 0 saturated heterocycles. The molecule has 2 rings (SSSR count). The summed E-state index contributed by atoms with van der Waals surface area (Å²) < 4.78 is 5.79. The molecular weight excluding hydrogens is 448 g/mol. The number of anilines is 1. The van der Waals surface area contributed by atoms with E-state index in [0.717, 1.165) is 26.1 Å². The first-order valence-electron chi connectivity index (χ1n) is 11.8. The number of carbonyl (C=O) groups excluding carboxylic acids is 2. The van der Waals surface area contributed by atoms with Crippen molar-refractivity contribution in [3.8, 4) is 5.75 Å². The van der Waals surface area contributed by atoms with E-state index in [2.05, 4.69) is 48.5 Å². The molecule has 0 radical (unpaired) electrons. The van der Waals surface area contributed by atoms with Crippen LogP contribution in [-0.2, 0) is 0 Å². The van der Waals surface area contributed by atoms with Crippen molar-refractivity contribution in [3.05, 3.63) is 59.7 Å². The Kier molecular flexibility index (Phi) is 11.5. The van der Waals surface area contributed by atoms with Crippen LogP contribution in [0.1, 0.15) is 54.8 Å². The number of thiocarbonyl (C=S) groups is 1. The van der Waals surface area contributed by atoms with Gasteiger partial charge in [-0.25, -0.2) is 0 Å². The third-order valence-electron chi connectivity index (χ3n) is 5.32. The van der Waals surface area contributed by atoms with Crippen molar-refractivity contribution >= 4 is 34.8 Å². The highest BCUT2D eigenvalue weighted by Gasteiger charge is 2.14. The van der Waals surface area contributed by atoms with Crippen LogP contribution >= 0.6 is 12.2 Å². The number of nitrogens with one attached hydrogen (secondary N) is 3. The molecule has 3 N–H and O–H groups in total. The number of amides is 2. The van der Waals surface area contributed by atoms with Crippen LogP contribution in [0.2, 0.25) is 0 Å². The molecular formula is C26H36N4O3S. The summed E-state index contributed by atoms with van der Waals surface area (Å²) >= 11 is 5.30. The van der Waals surface area contributed by atoms with E-state index < -0.39 is 0 Å². The molecule has 8 heteroatoms. The summed E-state index contributed by atoms with van der Waals surface area (Å²) in [5.41, 5.74) is 1.66. The number of ether oxygens (including phenoxy) is 1. The van der Waals surface area contributed by atoms with Gasteiger partial charge in [0.1, 0.15) is 5.75 Å². The molecule has 2 aromatic carbocycles. The lowest BCUT2D eigenvalue weighted by molar-refractivity contribution is 0.0946. The average Bonchev–Trinajstić information content (AvgIpc) is 2.82. The summed E-state index contributed by atoms with van der Waals surface area (Å²) in [5, 5.41) is 8.77. The number of hydrogen-bond donors (Lipinski definition) is 3. The first-order valence-corrected chi connectivity index (χ1v) is 12.2. The largest absolute Gasteiger partial charge is 0.493 e. The fraction of sp³-hybridized carbons (Fsp3) is 0.423. The molecule has 2 aromatic rings. The second-order valence-corrected chi connectivity index (χ2v) is 8.70. The quantitative estimate of drug-likeness (QED) is 0.390. The molecule has 34 heavy (non-hydrogen) atoms. The monoisotopic (exact) mass is 484 g/mol. The molecule has 0 bridgehead atoms. The Labute approximate surface area is 208 Å². The molecule has 0 aliphatic heterocycles. The maximum atomic E-state index is 12.7. The van der Waals surface area contributed by atoms with Crippen molar-refractivity contribution in [3.63, 3.8) is 0 Å². The van der Waals surface area contributed by atoms with Crippen LogP contribution in [0.3, 0.4) is 0 Å². The van der Waals surface area contributed by atoms with Gasteiger partial charge in [-0.3, -0.25) is 14.9 Å². The van der Waals surface area contributed by atoms with Crippen molar-refractivity contribution in [2.24, 2.45) is 5.92 Å². The Bertz CT molecular complexity index is 943. The molecule has 0 spiro atoms. The number of para-hydroxylation sites is 1. The minimum atomic E-state index is -0.346. The second kappa shape index (κ2) is 14.3. The van der Waals surface area contributed by atoms with Crippen LogP contribution in [0.5, 0.6) is 5.75 Å². The van der Waals surface area contributed by atoms with Crippen LogP contribution < -0.4 is 20.7 Å². The number of carbonyl (C=O) groups is 2. The van der Waals surface area contributed by atoms with E-state index >= 15 is 0 Å². The number of hydrogen-bond acceptors (Lipinski definition) is 5. The van der Waals surface area contributed by atoms with E-state index in [9.17, 15) is 9.59 Å². The first-order chi connectivity index (χ1) is 16.3. The van der Waals surface area contributed by atoms with Crippen molar-refractivity contribution in [2.75, 3.05) is 38.1 Å². The maximum Gasteiger partial charge on any atom is 0.261 e. The minimum Gasteiger partial charge on any atom is -0.493 e. The van der Waals surface area contributed by atoms with Crippen LogP contribution in [0.25, 0.3) is 0 Å². The van der Waals surface area contributed by atoms with Crippen LogP contribution in [-0.4, -0.2) is 54.6 Å². The molecule has 0 aliphatic rings. The highest BCUT2D eigenvalue weighted by molar-refractivity contribution is 7.80. The summed E-state index contributed by atoms with van der Waals surface area (Å²) in [6.45, 7) is 12.3. The Hall–Kier alpha value is -2.97. The van der Waals surface area contributed by atoms with E-state index in [4.69, 9.17) is 17.0 Å². The molecule has 0 aromatic heterocycles. The van der Waals surface area contributed by atoms with Gasteiger partial charge in [-0.2, -0.15) is 0 Å². The van der Waals surface area contributed by atoms with Crippen molar-refractivity contribution in [1.82, 2.24) is 15.5 Å². The third-order valence-corrected chi connectivity index (χ3v) is 5.53. The fourth-order valence-corrected chi connectivity index (χ4v) is 3.40. The second-order valence-electron chi connectivity index (χ2n) is 8.30. The molecule has 7 nitrogen and oxygen atoms in total. The summed E-state index contributed by atoms with van der Waals surface area (Å²) in [4.78, 5) is 27.3. The lowest BCUT2D eigenvalue weighted by atomic mass is 10.1. The van der Waals surface area contributed by atoms with Gasteiger partial charge in [0.05, 0.1) is 12.2 Å². The van der Waals surface area contributed by atoms with Gasteiger partial charge in [0, 0.05) is 24.3 Å². The van der Waals surface area contributed by atoms with Gasteiger partial charge in [-0.1, -0.05) is 39.8 Å². The van der Waals surface area contributed by atoms with Crippen LogP contribution in [0.4, 0.5) is 5.69 Å². The smallest absolute Gasteiger partial charge is 0.261 e. The number of likely N-dealkylation sites (N-methyl/N-ethyl adjacent to an activating group) is 1. The van der Waals surface area contributed by atoms with Crippen molar-refractivity contribution in [1.29, 1.82) is 0 Å². The van der Waals surface area contributed by atoms with E-state index in [1.165, 1.54) is 0 Å². The molecule has 184 valence electrons.